The van der Waals surface area contributed by atoms with Crippen molar-refractivity contribution in [3.63, 3.8) is 0 Å². The SMILES string of the molecule is Nc1c(CCl)sc2cccc(S)c12. The average Bonchev–Trinajstić information content (AvgIpc) is 2.44. The summed E-state index contributed by atoms with van der Waals surface area (Å²) in [6.45, 7) is 0. The largest absolute Gasteiger partial charge is 0.397 e. The number of fused-ring (bicyclic) bond motifs is 1. The van der Waals surface area contributed by atoms with Gasteiger partial charge in [-0.25, -0.2) is 0 Å². The monoisotopic (exact) mass is 229 g/mol. The Bertz CT molecular complexity index is 450. The third kappa shape index (κ3) is 1.41. The Morgan fingerprint density at radius 3 is 2.85 bits per heavy atom. The van der Waals surface area contributed by atoms with Gasteiger partial charge in [0.2, 0.25) is 0 Å². The van der Waals surface area contributed by atoms with E-state index < -0.39 is 0 Å². The van der Waals surface area contributed by atoms with Gasteiger partial charge in [0.15, 0.2) is 0 Å². The molecule has 0 atom stereocenters. The van der Waals surface area contributed by atoms with Crippen LogP contribution in [0.5, 0.6) is 0 Å². The Balaban J connectivity index is 2.85. The molecule has 0 aliphatic heterocycles. The third-order valence-corrected chi connectivity index (χ3v) is 3.90. The van der Waals surface area contributed by atoms with Crippen molar-refractivity contribution < 1.29 is 0 Å². The van der Waals surface area contributed by atoms with Crippen LogP contribution >= 0.6 is 35.6 Å². The van der Waals surface area contributed by atoms with E-state index in [4.69, 9.17) is 17.3 Å². The van der Waals surface area contributed by atoms with Gasteiger partial charge in [0.25, 0.3) is 0 Å². The normalized spacial score (nSPS) is 10.9. The number of nitrogen functional groups attached to an aromatic ring is 1. The molecule has 0 fully saturated rings. The summed E-state index contributed by atoms with van der Waals surface area (Å²) in [6, 6.07) is 5.94. The highest BCUT2D eigenvalue weighted by Gasteiger charge is 2.09. The van der Waals surface area contributed by atoms with Gasteiger partial charge in [0, 0.05) is 19.9 Å². The van der Waals surface area contributed by atoms with Gasteiger partial charge >= 0.3 is 0 Å². The van der Waals surface area contributed by atoms with Gasteiger partial charge in [-0.1, -0.05) is 6.07 Å². The first kappa shape index (κ1) is 9.19. The lowest BCUT2D eigenvalue weighted by Crippen LogP contribution is -1.86. The van der Waals surface area contributed by atoms with Crippen molar-refractivity contribution in [1.82, 2.24) is 0 Å². The fraction of sp³-hybridized carbons (Fsp3) is 0.111. The summed E-state index contributed by atoms with van der Waals surface area (Å²) in [4.78, 5) is 1.95. The summed E-state index contributed by atoms with van der Waals surface area (Å²) >= 11 is 11.7. The summed E-state index contributed by atoms with van der Waals surface area (Å²) in [5.41, 5.74) is 6.71. The zero-order valence-electron chi connectivity index (χ0n) is 6.75. The zero-order valence-corrected chi connectivity index (χ0v) is 9.22. The van der Waals surface area contributed by atoms with Crippen molar-refractivity contribution in [2.75, 3.05) is 5.73 Å². The molecular formula is C9H8ClNS2. The first-order valence-electron chi connectivity index (χ1n) is 3.79. The molecule has 0 aliphatic rings. The molecule has 0 aliphatic carbocycles. The standard InChI is InChI=1S/C9H8ClNS2/c10-4-7-9(11)8-5(12)2-1-3-6(8)13-7/h1-3,12H,4,11H2. The molecule has 0 unspecified atom stereocenters. The van der Waals surface area contributed by atoms with E-state index in [1.165, 1.54) is 0 Å². The van der Waals surface area contributed by atoms with Crippen LogP contribution in [0.25, 0.3) is 10.1 Å². The molecule has 0 bridgehead atoms. The first-order valence-corrected chi connectivity index (χ1v) is 5.58. The van der Waals surface area contributed by atoms with E-state index in [0.717, 1.165) is 25.5 Å². The predicted octanol–water partition coefficient (Wildman–Crippen LogP) is 3.51. The second-order valence-electron chi connectivity index (χ2n) is 2.72. The predicted molar refractivity (Wildman–Crippen MR) is 63.0 cm³/mol. The molecule has 68 valence electrons. The third-order valence-electron chi connectivity index (χ3n) is 1.93. The number of anilines is 1. The molecule has 1 aromatic carbocycles. The highest BCUT2D eigenvalue weighted by molar-refractivity contribution is 7.80. The Hall–Kier alpha value is -0.380. The van der Waals surface area contributed by atoms with E-state index in [2.05, 4.69) is 12.6 Å². The van der Waals surface area contributed by atoms with Crippen molar-refractivity contribution in [3.05, 3.63) is 23.1 Å². The zero-order chi connectivity index (χ0) is 9.42. The second-order valence-corrected chi connectivity index (χ2v) is 4.61. The lowest BCUT2D eigenvalue weighted by atomic mass is 10.2. The molecular weight excluding hydrogens is 222 g/mol. The Labute approximate surface area is 90.9 Å². The van der Waals surface area contributed by atoms with Crippen LogP contribution in [0.2, 0.25) is 0 Å². The second kappa shape index (κ2) is 3.40. The number of benzene rings is 1. The van der Waals surface area contributed by atoms with Crippen LogP contribution in [0.1, 0.15) is 4.88 Å². The summed E-state index contributed by atoms with van der Waals surface area (Å²) in [5.74, 6) is 0.471. The van der Waals surface area contributed by atoms with Crippen molar-refractivity contribution in [2.45, 2.75) is 10.8 Å². The van der Waals surface area contributed by atoms with E-state index in [-0.39, 0.29) is 0 Å². The van der Waals surface area contributed by atoms with Gasteiger partial charge in [0.1, 0.15) is 0 Å². The lowest BCUT2D eigenvalue weighted by molar-refractivity contribution is 1.52. The molecule has 2 aromatic rings. The van der Waals surface area contributed by atoms with E-state index in [1.54, 1.807) is 11.3 Å². The maximum Gasteiger partial charge on any atom is 0.0589 e. The summed E-state index contributed by atoms with van der Waals surface area (Å²) in [5, 5.41) is 1.03. The lowest BCUT2D eigenvalue weighted by Gasteiger charge is -1.96. The van der Waals surface area contributed by atoms with Gasteiger partial charge in [-0.2, -0.15) is 0 Å². The quantitative estimate of drug-likeness (QED) is 0.568. The van der Waals surface area contributed by atoms with E-state index in [0.29, 0.717) is 5.88 Å². The molecule has 2 rings (SSSR count). The minimum absolute atomic E-state index is 0.471. The van der Waals surface area contributed by atoms with Crippen LogP contribution < -0.4 is 5.73 Å². The molecule has 0 saturated heterocycles. The Kier molecular flexibility index (Phi) is 2.41. The van der Waals surface area contributed by atoms with Crippen molar-refractivity contribution in [3.8, 4) is 0 Å². The van der Waals surface area contributed by atoms with E-state index >= 15 is 0 Å². The fourth-order valence-corrected chi connectivity index (χ4v) is 3.01. The maximum atomic E-state index is 5.93. The smallest absolute Gasteiger partial charge is 0.0589 e. The van der Waals surface area contributed by atoms with Crippen molar-refractivity contribution in [2.24, 2.45) is 0 Å². The number of halogens is 1. The van der Waals surface area contributed by atoms with Crippen LogP contribution in [-0.4, -0.2) is 0 Å². The van der Waals surface area contributed by atoms with Gasteiger partial charge < -0.3 is 5.73 Å². The summed E-state index contributed by atoms with van der Waals surface area (Å²) in [6.07, 6.45) is 0. The molecule has 0 radical (unpaired) electrons. The highest BCUT2D eigenvalue weighted by atomic mass is 35.5. The molecule has 1 nitrogen and oxygen atoms in total. The molecule has 4 heteroatoms. The number of rotatable bonds is 1. The van der Waals surface area contributed by atoms with Crippen LogP contribution in [0, 0.1) is 0 Å². The minimum Gasteiger partial charge on any atom is -0.397 e. The fourth-order valence-electron chi connectivity index (χ4n) is 1.30. The van der Waals surface area contributed by atoms with Gasteiger partial charge in [0.05, 0.1) is 11.6 Å². The number of thiophene rings is 1. The first-order chi connectivity index (χ1) is 6.24. The summed E-state index contributed by atoms with van der Waals surface area (Å²) < 4.78 is 1.15. The van der Waals surface area contributed by atoms with Crippen molar-refractivity contribution in [1.29, 1.82) is 0 Å². The minimum atomic E-state index is 0.471. The molecule has 0 spiro atoms. The maximum absolute atomic E-state index is 5.93. The van der Waals surface area contributed by atoms with E-state index in [1.807, 2.05) is 18.2 Å². The van der Waals surface area contributed by atoms with Crippen LogP contribution in [0.15, 0.2) is 23.1 Å². The van der Waals surface area contributed by atoms with Gasteiger partial charge in [-0.05, 0) is 12.1 Å². The van der Waals surface area contributed by atoms with Gasteiger partial charge in [-0.15, -0.1) is 35.6 Å². The highest BCUT2D eigenvalue weighted by Crippen LogP contribution is 2.37. The number of nitrogens with two attached hydrogens (primary N) is 1. The molecule has 0 amide bonds. The topological polar surface area (TPSA) is 26.0 Å². The number of thiol groups is 1. The van der Waals surface area contributed by atoms with Crippen LogP contribution in [-0.2, 0) is 5.88 Å². The molecule has 2 N–H and O–H groups in total. The van der Waals surface area contributed by atoms with Crippen LogP contribution in [0.3, 0.4) is 0 Å². The molecule has 1 aromatic heterocycles. The number of hydrogen-bond acceptors (Lipinski definition) is 3. The van der Waals surface area contributed by atoms with Crippen molar-refractivity contribution >= 4 is 51.3 Å². The Morgan fingerprint density at radius 2 is 2.23 bits per heavy atom. The number of alkyl halides is 1. The van der Waals surface area contributed by atoms with Crippen LogP contribution in [0.4, 0.5) is 5.69 Å². The summed E-state index contributed by atoms with van der Waals surface area (Å²) in [7, 11) is 0. The molecule has 0 saturated carbocycles. The molecule has 13 heavy (non-hydrogen) atoms. The average molecular weight is 230 g/mol. The number of hydrogen-bond donors (Lipinski definition) is 2. The van der Waals surface area contributed by atoms with Gasteiger partial charge in [-0.3, -0.25) is 0 Å². The molecule has 1 heterocycles. The Morgan fingerprint density at radius 1 is 1.46 bits per heavy atom. The van der Waals surface area contributed by atoms with E-state index in [9.17, 15) is 0 Å².